The van der Waals surface area contributed by atoms with Crippen LogP contribution in [0.15, 0.2) is 77.9 Å². The molecule has 0 spiro atoms. The molecule has 0 saturated carbocycles. The number of hydrogen-bond donors (Lipinski definition) is 0. The Balaban J connectivity index is 1.49. The van der Waals surface area contributed by atoms with E-state index in [0.29, 0.717) is 11.1 Å². The molecule has 6 rings (SSSR count). The molecular formula is C27H20N4O5. The van der Waals surface area contributed by atoms with Crippen LogP contribution in [0.2, 0.25) is 0 Å². The molecule has 0 radical (unpaired) electrons. The molecule has 0 aromatic heterocycles. The van der Waals surface area contributed by atoms with E-state index in [1.165, 1.54) is 18.2 Å². The number of nitrogens with zero attached hydrogens (tertiary/aromatic N) is 4. The van der Waals surface area contributed by atoms with Crippen molar-refractivity contribution >= 4 is 35.2 Å². The monoisotopic (exact) mass is 480 g/mol. The molecule has 4 atom stereocenters. The Morgan fingerprint density at radius 1 is 0.944 bits per heavy atom. The first-order valence-electron chi connectivity index (χ1n) is 11.5. The number of nitro groups is 1. The average Bonchev–Trinajstić information content (AvgIpc) is 3.36. The Morgan fingerprint density at radius 2 is 1.64 bits per heavy atom. The number of aryl methyl sites for hydroxylation is 1. The molecule has 3 aromatic carbocycles. The molecule has 0 unspecified atom stereocenters. The topological polar surface area (TPSA) is 113 Å². The van der Waals surface area contributed by atoms with Crippen LogP contribution in [0.25, 0.3) is 0 Å². The van der Waals surface area contributed by atoms with Crippen LogP contribution in [0, 0.1) is 28.9 Å². The molecule has 36 heavy (non-hydrogen) atoms. The first kappa shape index (κ1) is 21.8. The molecule has 2 fully saturated rings. The molecule has 3 heterocycles. The number of carbonyl (C=O) groups excluding carboxylic acids is 3. The summed E-state index contributed by atoms with van der Waals surface area (Å²) < 4.78 is 0. The van der Waals surface area contributed by atoms with Crippen LogP contribution in [-0.2, 0) is 9.59 Å². The number of hydrazone groups is 1. The van der Waals surface area contributed by atoms with E-state index < -0.39 is 40.7 Å². The van der Waals surface area contributed by atoms with E-state index in [1.807, 2.05) is 24.3 Å². The van der Waals surface area contributed by atoms with E-state index in [9.17, 15) is 24.5 Å². The molecule has 0 bridgehead atoms. The molecule has 2 amide bonds. The van der Waals surface area contributed by atoms with Crippen LogP contribution < -0.4 is 4.90 Å². The van der Waals surface area contributed by atoms with Crippen LogP contribution in [0.4, 0.5) is 11.4 Å². The maximum Gasteiger partial charge on any atom is 0.269 e. The summed E-state index contributed by atoms with van der Waals surface area (Å²) in [5.74, 6) is -3.00. The van der Waals surface area contributed by atoms with E-state index in [2.05, 4.69) is 5.10 Å². The van der Waals surface area contributed by atoms with Gasteiger partial charge in [-0.2, -0.15) is 5.10 Å². The summed E-state index contributed by atoms with van der Waals surface area (Å²) in [5, 5.41) is 17.4. The number of imide groups is 1. The van der Waals surface area contributed by atoms with Gasteiger partial charge in [0.1, 0.15) is 6.04 Å². The molecule has 9 heteroatoms. The molecule has 178 valence electrons. The summed E-state index contributed by atoms with van der Waals surface area (Å²) >= 11 is 0. The van der Waals surface area contributed by atoms with Crippen molar-refractivity contribution in [2.45, 2.75) is 19.0 Å². The number of non-ortho nitro benzene ring substituents is 1. The number of carbonyl (C=O) groups is 3. The standard InChI is InChI=1S/C27H20N4O5/c1-15-13-18(31(35)36)11-12-20(15)29-26(33)21-22(27(29)34)24(25(32)16-7-3-2-4-8-16)30-23(21)19-10-6-5-9-17(19)14-28-30/h2-14,21-24H,1H3/t21-,22-,23+,24+/m1/s1. The van der Waals surface area contributed by atoms with Crippen LogP contribution in [0.1, 0.15) is 33.1 Å². The summed E-state index contributed by atoms with van der Waals surface area (Å²) in [6, 6.07) is 18.7. The van der Waals surface area contributed by atoms with Crippen molar-refractivity contribution in [1.29, 1.82) is 0 Å². The van der Waals surface area contributed by atoms with Gasteiger partial charge in [0.2, 0.25) is 11.8 Å². The average molecular weight is 480 g/mol. The quantitative estimate of drug-likeness (QED) is 0.244. The molecule has 3 aliphatic rings. The number of hydrogen-bond acceptors (Lipinski definition) is 7. The highest BCUT2D eigenvalue weighted by Gasteiger charge is 2.65. The first-order valence-corrected chi connectivity index (χ1v) is 11.5. The van der Waals surface area contributed by atoms with Crippen molar-refractivity contribution in [3.63, 3.8) is 0 Å². The lowest BCUT2D eigenvalue weighted by Gasteiger charge is -2.34. The molecule has 9 nitrogen and oxygen atoms in total. The highest BCUT2D eigenvalue weighted by molar-refractivity contribution is 6.25. The predicted octanol–water partition coefficient (Wildman–Crippen LogP) is 3.66. The highest BCUT2D eigenvalue weighted by Crippen LogP contribution is 2.53. The fraction of sp³-hybridized carbons (Fsp3) is 0.185. The van der Waals surface area contributed by atoms with Crippen molar-refractivity contribution in [3.8, 4) is 0 Å². The van der Waals surface area contributed by atoms with Crippen molar-refractivity contribution in [2.24, 2.45) is 16.9 Å². The second-order valence-corrected chi connectivity index (χ2v) is 9.16. The molecule has 0 N–H and O–H groups in total. The van der Waals surface area contributed by atoms with Gasteiger partial charge in [-0.15, -0.1) is 0 Å². The van der Waals surface area contributed by atoms with Gasteiger partial charge in [-0.25, -0.2) is 4.90 Å². The minimum atomic E-state index is -0.966. The van der Waals surface area contributed by atoms with Gasteiger partial charge in [-0.05, 0) is 29.7 Å². The molecule has 2 saturated heterocycles. The zero-order chi connectivity index (χ0) is 25.1. The first-order chi connectivity index (χ1) is 17.4. The van der Waals surface area contributed by atoms with Gasteiger partial charge < -0.3 is 0 Å². The van der Waals surface area contributed by atoms with Gasteiger partial charge in [0.05, 0.1) is 34.7 Å². The van der Waals surface area contributed by atoms with Gasteiger partial charge in [0, 0.05) is 17.7 Å². The third kappa shape index (κ3) is 3.02. The number of nitro benzene ring substituents is 1. The predicted molar refractivity (Wildman–Crippen MR) is 130 cm³/mol. The van der Waals surface area contributed by atoms with Crippen molar-refractivity contribution in [3.05, 3.63) is 105 Å². The number of ketones is 1. The summed E-state index contributed by atoms with van der Waals surface area (Å²) in [6.07, 6.45) is 1.66. The number of amides is 2. The lowest BCUT2D eigenvalue weighted by molar-refractivity contribution is -0.384. The smallest absolute Gasteiger partial charge is 0.269 e. The fourth-order valence-electron chi connectivity index (χ4n) is 5.68. The van der Waals surface area contributed by atoms with Crippen LogP contribution in [-0.4, -0.2) is 39.8 Å². The zero-order valence-electron chi connectivity index (χ0n) is 19.1. The van der Waals surface area contributed by atoms with E-state index in [4.69, 9.17) is 0 Å². The number of fused-ring (bicyclic) bond motifs is 5. The maximum atomic E-state index is 13.9. The van der Waals surface area contributed by atoms with E-state index in [1.54, 1.807) is 48.5 Å². The van der Waals surface area contributed by atoms with Crippen molar-refractivity contribution < 1.29 is 19.3 Å². The summed E-state index contributed by atoms with van der Waals surface area (Å²) in [6.45, 7) is 1.62. The molecule has 3 aromatic rings. The second kappa shape index (κ2) is 7.94. The van der Waals surface area contributed by atoms with Gasteiger partial charge in [0.25, 0.3) is 5.69 Å². The lowest BCUT2D eigenvalue weighted by Crippen LogP contribution is -2.44. The minimum Gasteiger partial charge on any atom is -0.292 e. The summed E-state index contributed by atoms with van der Waals surface area (Å²) in [4.78, 5) is 53.4. The van der Waals surface area contributed by atoms with Crippen molar-refractivity contribution in [2.75, 3.05) is 4.90 Å². The van der Waals surface area contributed by atoms with E-state index >= 15 is 0 Å². The van der Waals surface area contributed by atoms with Crippen LogP contribution in [0.3, 0.4) is 0 Å². The van der Waals surface area contributed by atoms with Gasteiger partial charge in [-0.3, -0.25) is 29.5 Å². The largest absolute Gasteiger partial charge is 0.292 e. The normalized spacial score (nSPS) is 23.9. The highest BCUT2D eigenvalue weighted by atomic mass is 16.6. The van der Waals surface area contributed by atoms with Gasteiger partial charge in [-0.1, -0.05) is 54.6 Å². The SMILES string of the molecule is Cc1cc([N+](=O)[O-])ccc1N1C(=O)[C@@H]2[C@@H](C1=O)[C@@H]1c3ccccc3C=NN1[C@@H]2C(=O)c1ccccc1. The third-order valence-electron chi connectivity index (χ3n) is 7.25. The van der Waals surface area contributed by atoms with E-state index in [-0.39, 0.29) is 17.2 Å². The van der Waals surface area contributed by atoms with Gasteiger partial charge in [0.15, 0.2) is 5.78 Å². The molecule has 3 aliphatic heterocycles. The fourth-order valence-corrected chi connectivity index (χ4v) is 5.68. The van der Waals surface area contributed by atoms with Crippen LogP contribution >= 0.6 is 0 Å². The number of anilines is 1. The zero-order valence-corrected chi connectivity index (χ0v) is 19.1. The maximum absolute atomic E-state index is 13.9. The Hall–Kier alpha value is -4.66. The molecule has 0 aliphatic carbocycles. The third-order valence-corrected chi connectivity index (χ3v) is 7.25. The number of benzene rings is 3. The lowest BCUT2D eigenvalue weighted by atomic mass is 9.83. The number of rotatable bonds is 4. The Kier molecular flexibility index (Phi) is 4.82. The Bertz CT molecular complexity index is 1480. The Labute approximate surface area is 205 Å². The molecular weight excluding hydrogens is 460 g/mol. The number of Topliss-reactive ketones (excluding diaryl/α,β-unsaturated/α-hetero) is 1. The summed E-state index contributed by atoms with van der Waals surface area (Å²) in [5.41, 5.74) is 2.67. The summed E-state index contributed by atoms with van der Waals surface area (Å²) in [7, 11) is 0. The van der Waals surface area contributed by atoms with E-state index in [0.717, 1.165) is 16.0 Å². The van der Waals surface area contributed by atoms with Gasteiger partial charge >= 0.3 is 0 Å². The van der Waals surface area contributed by atoms with Crippen LogP contribution in [0.5, 0.6) is 0 Å². The second-order valence-electron chi connectivity index (χ2n) is 9.16. The Morgan fingerprint density at radius 3 is 2.36 bits per heavy atom. The van der Waals surface area contributed by atoms with Crippen molar-refractivity contribution in [1.82, 2.24) is 5.01 Å². The minimum absolute atomic E-state index is 0.130.